The first-order valence-corrected chi connectivity index (χ1v) is 9.86. The lowest BCUT2D eigenvalue weighted by Crippen LogP contribution is -2.13. The molecule has 30 heavy (non-hydrogen) atoms. The predicted octanol–water partition coefficient (Wildman–Crippen LogP) is 6.12. The van der Waals surface area contributed by atoms with Crippen LogP contribution in [0.1, 0.15) is 5.69 Å². The smallest absolute Gasteiger partial charge is 0.301 e. The van der Waals surface area contributed by atoms with Crippen LogP contribution in [0.4, 0.5) is 22.1 Å². The van der Waals surface area contributed by atoms with Crippen LogP contribution in [0.15, 0.2) is 79.8 Å². The van der Waals surface area contributed by atoms with E-state index in [1.807, 2.05) is 18.2 Å². The second-order valence-corrected chi connectivity index (χ2v) is 7.46. The number of hydrogen-bond donors (Lipinski definition) is 2. The average Bonchev–Trinajstić information content (AvgIpc) is 3.25. The Morgan fingerprint density at radius 2 is 1.67 bits per heavy atom. The number of rotatable bonds is 5. The largest absolute Gasteiger partial charge is 0.491 e. The van der Waals surface area contributed by atoms with Gasteiger partial charge in [-0.1, -0.05) is 41.1 Å². The zero-order chi connectivity index (χ0) is 21.1. The molecule has 0 radical (unpaired) electrons. The lowest BCUT2D eigenvalue weighted by molar-refractivity contribution is 0.457. The Labute approximate surface area is 179 Å². The summed E-state index contributed by atoms with van der Waals surface area (Å²) in [4.78, 5) is 16.7. The summed E-state index contributed by atoms with van der Waals surface area (Å²) in [6.07, 6.45) is 0. The first kappa shape index (κ1) is 19.7. The van der Waals surface area contributed by atoms with E-state index in [-0.39, 0.29) is 21.7 Å². The highest BCUT2D eigenvalue weighted by atomic mass is 35.5. The van der Waals surface area contributed by atoms with Gasteiger partial charge in [0.15, 0.2) is 5.69 Å². The fourth-order valence-corrected chi connectivity index (χ4v) is 3.33. The number of azo groups is 2. The highest BCUT2D eigenvalue weighted by Crippen LogP contribution is 2.36. The Balaban J connectivity index is 1.62. The average molecular weight is 440 g/mol. The molecule has 0 unspecified atom stereocenters. The molecule has 0 saturated carbocycles. The van der Waals surface area contributed by atoms with E-state index < -0.39 is 5.56 Å². The summed E-state index contributed by atoms with van der Waals surface area (Å²) in [5, 5.41) is 30.1. The molecule has 4 rings (SSSR count). The van der Waals surface area contributed by atoms with Crippen LogP contribution in [0.25, 0.3) is 5.13 Å². The SMILES string of the molecule is Cc1[nH]n(-c2nc(O)c(N=Nc3ccc(Cl)cc3)s2)c(=O)c1N=Nc1ccccc1. The minimum Gasteiger partial charge on any atom is -0.491 e. The molecule has 2 N–H and O–H groups in total. The Morgan fingerprint density at radius 1 is 1.00 bits per heavy atom. The lowest BCUT2D eigenvalue weighted by atomic mass is 10.3. The van der Waals surface area contributed by atoms with Crippen LogP contribution in [-0.4, -0.2) is 19.9 Å². The van der Waals surface area contributed by atoms with Crippen LogP contribution < -0.4 is 5.56 Å². The highest BCUT2D eigenvalue weighted by molar-refractivity contribution is 7.18. The highest BCUT2D eigenvalue weighted by Gasteiger charge is 2.18. The molecular formula is C19H14ClN7O2S. The first-order chi connectivity index (χ1) is 14.5. The van der Waals surface area contributed by atoms with Crippen molar-refractivity contribution < 1.29 is 5.11 Å². The van der Waals surface area contributed by atoms with Crippen molar-refractivity contribution in [3.8, 4) is 11.0 Å². The van der Waals surface area contributed by atoms with Gasteiger partial charge in [-0.25, -0.2) is 0 Å². The summed E-state index contributed by atoms with van der Waals surface area (Å²) in [7, 11) is 0. The maximum absolute atomic E-state index is 12.7. The van der Waals surface area contributed by atoms with Crippen LogP contribution >= 0.6 is 22.9 Å². The van der Waals surface area contributed by atoms with Gasteiger partial charge in [0.05, 0.1) is 17.1 Å². The van der Waals surface area contributed by atoms with Gasteiger partial charge in [0.2, 0.25) is 10.1 Å². The number of aromatic amines is 1. The fraction of sp³-hybridized carbons (Fsp3) is 0.0526. The summed E-state index contributed by atoms with van der Waals surface area (Å²) in [6, 6.07) is 15.8. The molecule has 0 saturated heterocycles. The van der Waals surface area contributed by atoms with E-state index in [0.29, 0.717) is 22.1 Å². The van der Waals surface area contributed by atoms with Crippen molar-refractivity contribution in [3.05, 3.63) is 75.7 Å². The molecule has 150 valence electrons. The van der Waals surface area contributed by atoms with Crippen LogP contribution in [-0.2, 0) is 0 Å². The van der Waals surface area contributed by atoms with Crippen molar-refractivity contribution in [1.29, 1.82) is 0 Å². The molecule has 0 fully saturated rings. The number of aromatic hydroxyl groups is 1. The monoisotopic (exact) mass is 439 g/mol. The van der Waals surface area contributed by atoms with Crippen LogP contribution in [0.5, 0.6) is 5.88 Å². The summed E-state index contributed by atoms with van der Waals surface area (Å²) >= 11 is 6.84. The van der Waals surface area contributed by atoms with Crippen molar-refractivity contribution in [2.24, 2.45) is 20.5 Å². The number of halogens is 1. The second-order valence-electron chi connectivity index (χ2n) is 6.06. The maximum Gasteiger partial charge on any atom is 0.301 e. The van der Waals surface area contributed by atoms with Crippen molar-refractivity contribution in [2.75, 3.05) is 0 Å². The molecular weight excluding hydrogens is 426 g/mol. The summed E-state index contributed by atoms with van der Waals surface area (Å²) in [5.74, 6) is -0.334. The molecule has 0 aliphatic rings. The van der Waals surface area contributed by atoms with Gasteiger partial charge in [0.1, 0.15) is 0 Å². The number of nitrogens with zero attached hydrogens (tertiary/aromatic N) is 6. The molecule has 0 bridgehead atoms. The van der Waals surface area contributed by atoms with Gasteiger partial charge in [0.25, 0.3) is 5.88 Å². The Bertz CT molecular complexity index is 1290. The van der Waals surface area contributed by atoms with Crippen molar-refractivity contribution in [1.82, 2.24) is 14.8 Å². The standard InChI is InChI=1S/C19H14ClN7O2S/c1-11-15(24-22-13-5-3-2-4-6-13)18(29)27(26-11)19-21-16(28)17(30-19)25-23-14-9-7-12(20)8-10-14/h2-10,26,28H,1H3. The summed E-state index contributed by atoms with van der Waals surface area (Å²) in [5.41, 5.74) is 1.41. The molecule has 0 spiro atoms. The van der Waals surface area contributed by atoms with Gasteiger partial charge in [-0.2, -0.15) is 14.8 Å². The minimum absolute atomic E-state index is 0.151. The quantitative estimate of drug-likeness (QED) is 0.364. The van der Waals surface area contributed by atoms with Crippen molar-refractivity contribution in [3.63, 3.8) is 0 Å². The third-order valence-electron chi connectivity index (χ3n) is 3.92. The third-order valence-corrected chi connectivity index (χ3v) is 5.08. The molecule has 0 aliphatic heterocycles. The van der Waals surface area contributed by atoms with Crippen molar-refractivity contribution >= 4 is 45.0 Å². The van der Waals surface area contributed by atoms with Gasteiger partial charge in [-0.05, 0) is 43.3 Å². The van der Waals surface area contributed by atoms with Gasteiger partial charge in [0, 0.05) is 5.02 Å². The van der Waals surface area contributed by atoms with Gasteiger partial charge >= 0.3 is 5.56 Å². The summed E-state index contributed by atoms with van der Waals surface area (Å²) in [6.45, 7) is 1.70. The molecule has 2 aromatic carbocycles. The number of H-pyrrole nitrogens is 1. The van der Waals surface area contributed by atoms with E-state index in [1.165, 1.54) is 4.68 Å². The number of hydrogen-bond acceptors (Lipinski definition) is 8. The van der Waals surface area contributed by atoms with Gasteiger partial charge in [-0.3, -0.25) is 9.89 Å². The minimum atomic E-state index is -0.442. The van der Waals surface area contributed by atoms with E-state index >= 15 is 0 Å². The number of aryl methyl sites for hydroxylation is 1. The van der Waals surface area contributed by atoms with E-state index in [2.05, 4.69) is 30.5 Å². The first-order valence-electron chi connectivity index (χ1n) is 8.67. The number of benzene rings is 2. The van der Waals surface area contributed by atoms with Crippen LogP contribution in [0, 0.1) is 6.92 Å². The lowest BCUT2D eigenvalue weighted by Gasteiger charge is -1.92. The molecule has 9 nitrogen and oxygen atoms in total. The molecule has 0 aliphatic carbocycles. The molecule has 4 aromatic rings. The molecule has 2 heterocycles. The Hall–Kier alpha value is -3.63. The molecule has 11 heteroatoms. The zero-order valence-electron chi connectivity index (χ0n) is 15.5. The fourth-order valence-electron chi connectivity index (χ4n) is 2.46. The molecule has 0 amide bonds. The zero-order valence-corrected chi connectivity index (χ0v) is 17.1. The molecule has 2 aromatic heterocycles. The summed E-state index contributed by atoms with van der Waals surface area (Å²) < 4.78 is 1.18. The van der Waals surface area contributed by atoms with E-state index in [0.717, 1.165) is 11.3 Å². The van der Waals surface area contributed by atoms with Crippen LogP contribution in [0.3, 0.4) is 0 Å². The van der Waals surface area contributed by atoms with Crippen molar-refractivity contribution in [2.45, 2.75) is 6.92 Å². The molecule has 0 atom stereocenters. The Morgan fingerprint density at radius 3 is 2.40 bits per heavy atom. The topological polar surface area (TPSA) is 120 Å². The normalized spacial score (nSPS) is 11.7. The van der Waals surface area contributed by atoms with Gasteiger partial charge < -0.3 is 5.11 Å². The van der Waals surface area contributed by atoms with E-state index in [4.69, 9.17) is 11.6 Å². The Kier molecular flexibility index (Phi) is 5.50. The second kappa shape index (κ2) is 8.39. The van der Waals surface area contributed by atoms with E-state index in [1.54, 1.807) is 43.3 Å². The number of aromatic nitrogens is 3. The predicted molar refractivity (Wildman–Crippen MR) is 115 cm³/mol. The third kappa shape index (κ3) is 4.19. The maximum atomic E-state index is 12.7. The number of nitrogens with one attached hydrogen (secondary N) is 1. The van der Waals surface area contributed by atoms with E-state index in [9.17, 15) is 9.90 Å². The number of thiazole rings is 1. The van der Waals surface area contributed by atoms with Crippen LogP contribution in [0.2, 0.25) is 5.02 Å². The van der Waals surface area contributed by atoms with Gasteiger partial charge in [-0.15, -0.1) is 15.3 Å².